The van der Waals surface area contributed by atoms with Crippen LogP contribution in [0.3, 0.4) is 0 Å². The van der Waals surface area contributed by atoms with Crippen LogP contribution in [0.5, 0.6) is 0 Å². The molecule has 6 aromatic carbocycles. The van der Waals surface area contributed by atoms with Gasteiger partial charge in [0.15, 0.2) is 0 Å². The van der Waals surface area contributed by atoms with Crippen molar-refractivity contribution >= 4 is 85.8 Å². The second-order valence-corrected chi connectivity index (χ2v) is 26.8. The number of fused-ring (bicyclic) bond motifs is 8. The lowest BCUT2D eigenvalue weighted by atomic mass is 9.33. The monoisotopic (exact) mass is 893 g/mol. The van der Waals surface area contributed by atoms with Gasteiger partial charge in [0.1, 0.15) is 0 Å². The molecule has 3 nitrogen and oxygen atoms in total. The van der Waals surface area contributed by atoms with E-state index in [1.165, 1.54) is 128 Å². The van der Waals surface area contributed by atoms with E-state index in [0.29, 0.717) is 23.7 Å². The van der Waals surface area contributed by atoms with Crippen molar-refractivity contribution in [2.75, 3.05) is 9.80 Å². The number of rotatable bonds is 2. The molecular formula is C63H70B2N2O. The lowest BCUT2D eigenvalue weighted by Crippen LogP contribution is -2.64. The van der Waals surface area contributed by atoms with Crippen LogP contribution in [0.4, 0.5) is 27.5 Å². The smallest absolute Gasteiger partial charge is 0.263 e. The van der Waals surface area contributed by atoms with Crippen molar-refractivity contribution in [1.82, 2.24) is 0 Å². The zero-order valence-electron chi connectivity index (χ0n) is 43.0. The van der Waals surface area contributed by atoms with Crippen LogP contribution < -0.4 is 42.6 Å². The van der Waals surface area contributed by atoms with Crippen molar-refractivity contribution in [3.05, 3.63) is 129 Å². The number of anilines is 4. The molecule has 9 aliphatic rings. The molecule has 344 valence electrons. The standard InChI is InChI=1S/C63H70B2N2O/c1-60(2,3)40-25-41(61(4,5)6)28-44(27-40)64-50-23-21-39-22-24-51-58-56(39)57(50)66(54-33-48-37-17-13-35(14-18-37)46(48)31-52(54)64)59(68)67(58)55-34-49-38-19-15-36(16-20-38)47(49)32-53(55)65(51)45-29-42(62(7,8)9)26-43(30-45)63(10,11)12/h21-38H,13-20H2,1-12H3. The molecule has 2 fully saturated rings. The van der Waals surface area contributed by atoms with Gasteiger partial charge in [0.2, 0.25) is 13.4 Å². The second kappa shape index (κ2) is 14.1. The minimum Gasteiger partial charge on any atom is -0.263 e. The van der Waals surface area contributed by atoms with Gasteiger partial charge in [-0.2, -0.15) is 0 Å². The number of benzene rings is 6. The molecule has 6 aromatic rings. The Morgan fingerprint density at radius 3 is 1.01 bits per heavy atom. The molecule has 68 heavy (non-hydrogen) atoms. The van der Waals surface area contributed by atoms with Crippen molar-refractivity contribution in [3.63, 3.8) is 0 Å². The van der Waals surface area contributed by atoms with E-state index >= 15 is 4.79 Å². The summed E-state index contributed by atoms with van der Waals surface area (Å²) in [6.45, 7) is 28.3. The predicted molar refractivity (Wildman–Crippen MR) is 291 cm³/mol. The van der Waals surface area contributed by atoms with E-state index in [-0.39, 0.29) is 41.1 Å². The highest BCUT2D eigenvalue weighted by Gasteiger charge is 2.50. The van der Waals surface area contributed by atoms with Gasteiger partial charge < -0.3 is 0 Å². The molecule has 5 heteroatoms. The molecule has 0 radical (unpaired) electrons. The molecule has 2 amide bonds. The largest absolute Gasteiger partial charge is 0.338 e. The van der Waals surface area contributed by atoms with Crippen LogP contribution in [0.2, 0.25) is 0 Å². The highest BCUT2D eigenvalue weighted by atomic mass is 16.2. The maximum Gasteiger partial charge on any atom is 0.338 e. The average molecular weight is 893 g/mol. The van der Waals surface area contributed by atoms with Crippen LogP contribution in [0.1, 0.15) is 203 Å². The van der Waals surface area contributed by atoms with Crippen molar-refractivity contribution < 1.29 is 4.79 Å². The first kappa shape index (κ1) is 43.0. The lowest BCUT2D eigenvalue weighted by Gasteiger charge is -2.48. The molecule has 0 spiro atoms. The molecular weight excluding hydrogens is 822 g/mol. The Bertz CT molecular complexity index is 2910. The van der Waals surface area contributed by atoms with Crippen LogP contribution >= 0.6 is 0 Å². The third-order valence-corrected chi connectivity index (χ3v) is 18.5. The summed E-state index contributed by atoms with van der Waals surface area (Å²) < 4.78 is 0. The van der Waals surface area contributed by atoms with Crippen LogP contribution in [-0.4, -0.2) is 19.5 Å². The third kappa shape index (κ3) is 6.14. The number of hydrogen-bond acceptors (Lipinski definition) is 1. The fourth-order valence-electron chi connectivity index (χ4n) is 14.5. The van der Waals surface area contributed by atoms with Gasteiger partial charge in [0, 0.05) is 16.8 Å². The quantitative estimate of drug-likeness (QED) is 0.159. The molecule has 2 saturated carbocycles. The average Bonchev–Trinajstić information content (AvgIpc) is 3.30. The van der Waals surface area contributed by atoms with E-state index in [4.69, 9.17) is 0 Å². The summed E-state index contributed by atoms with van der Waals surface area (Å²) in [5.74, 6) is 2.32. The van der Waals surface area contributed by atoms with Gasteiger partial charge in [0.25, 0.3) is 0 Å². The van der Waals surface area contributed by atoms with Crippen molar-refractivity contribution in [2.24, 2.45) is 0 Å². The second-order valence-electron chi connectivity index (χ2n) is 26.8. The molecule has 6 aliphatic carbocycles. The maximum atomic E-state index is 16.6. The van der Waals surface area contributed by atoms with E-state index < -0.39 is 0 Å². The van der Waals surface area contributed by atoms with Gasteiger partial charge in [-0.05, 0) is 181 Å². The van der Waals surface area contributed by atoms with E-state index in [2.05, 4.69) is 178 Å². The van der Waals surface area contributed by atoms with Gasteiger partial charge in [-0.1, -0.05) is 167 Å². The van der Waals surface area contributed by atoms with Crippen LogP contribution in [0, 0.1) is 0 Å². The van der Waals surface area contributed by atoms with E-state index in [1.807, 2.05) is 0 Å². The molecule has 15 rings (SSSR count). The summed E-state index contributed by atoms with van der Waals surface area (Å²) in [6, 6.07) is 35.0. The summed E-state index contributed by atoms with van der Waals surface area (Å²) >= 11 is 0. The minimum atomic E-state index is -0.0278. The molecule has 0 atom stereocenters. The van der Waals surface area contributed by atoms with E-state index in [1.54, 1.807) is 11.1 Å². The Kier molecular flexibility index (Phi) is 8.91. The zero-order chi connectivity index (χ0) is 47.3. The molecule has 4 bridgehead atoms. The van der Waals surface area contributed by atoms with Crippen LogP contribution in [-0.2, 0) is 21.7 Å². The summed E-state index contributed by atoms with van der Waals surface area (Å²) in [7, 11) is 0. The number of hydrogen-bond donors (Lipinski definition) is 0. The first-order valence-corrected chi connectivity index (χ1v) is 26.5. The lowest BCUT2D eigenvalue weighted by molar-refractivity contribution is 0.255. The van der Waals surface area contributed by atoms with Gasteiger partial charge in [0.05, 0.1) is 11.4 Å². The number of amides is 2. The predicted octanol–water partition coefficient (Wildman–Crippen LogP) is 12.6. The van der Waals surface area contributed by atoms with Gasteiger partial charge in [-0.15, -0.1) is 0 Å². The maximum absolute atomic E-state index is 16.6. The van der Waals surface area contributed by atoms with Gasteiger partial charge >= 0.3 is 6.03 Å². The summed E-state index contributed by atoms with van der Waals surface area (Å²) in [4.78, 5) is 21.1. The number of urea groups is 1. The van der Waals surface area contributed by atoms with Gasteiger partial charge in [-0.25, -0.2) is 4.79 Å². The first-order valence-electron chi connectivity index (χ1n) is 26.5. The molecule has 0 aromatic heterocycles. The molecule has 3 aliphatic heterocycles. The Hall–Kier alpha value is -5.02. The summed E-state index contributed by atoms with van der Waals surface area (Å²) in [5.41, 5.74) is 23.7. The molecule has 0 N–H and O–H groups in total. The van der Waals surface area contributed by atoms with Crippen molar-refractivity contribution in [1.29, 1.82) is 0 Å². The Morgan fingerprint density at radius 1 is 0.397 bits per heavy atom. The third-order valence-electron chi connectivity index (χ3n) is 18.5. The van der Waals surface area contributed by atoms with Crippen LogP contribution in [0.25, 0.3) is 10.8 Å². The van der Waals surface area contributed by atoms with Gasteiger partial charge in [-0.3, -0.25) is 9.80 Å². The topological polar surface area (TPSA) is 23.6 Å². The molecule has 0 saturated heterocycles. The van der Waals surface area contributed by atoms with E-state index in [0.717, 1.165) is 22.7 Å². The Labute approximate surface area is 407 Å². The molecule has 3 heterocycles. The first-order chi connectivity index (χ1) is 32.1. The van der Waals surface area contributed by atoms with Crippen molar-refractivity contribution in [2.45, 2.75) is 180 Å². The minimum absolute atomic E-state index is 0.0166. The normalized spacial score (nSPS) is 22.1. The SMILES string of the molecule is CC(C)(C)c1cc(B2c3cc4c(cc3N3C(=O)N5c6cc7c(cc6B(c6cc(C(C)(C)C)cc(C(C)(C)C)c6)c6ccc8ccc2c3c8c65)C2CCC7CC2)C2CCC4CC2)cc(C(C)(C)C)c1. The fourth-order valence-corrected chi connectivity index (χ4v) is 14.5. The fraction of sp³-hybridized carbons (Fsp3) is 0.444. The van der Waals surface area contributed by atoms with Crippen molar-refractivity contribution in [3.8, 4) is 0 Å². The Balaban J connectivity index is 1.14. The highest BCUT2D eigenvalue weighted by Crippen LogP contribution is 2.55. The molecule has 0 unspecified atom stereocenters. The highest BCUT2D eigenvalue weighted by molar-refractivity contribution is 7.00. The number of nitrogens with zero attached hydrogens (tertiary/aromatic N) is 2. The summed E-state index contributed by atoms with van der Waals surface area (Å²) in [6.07, 6.45) is 10.1. The number of carbonyl (C=O) groups excluding carboxylic acids is 1. The Morgan fingerprint density at radius 2 is 0.706 bits per heavy atom. The zero-order valence-corrected chi connectivity index (χ0v) is 43.0. The summed E-state index contributed by atoms with van der Waals surface area (Å²) in [5, 5.41) is 2.44. The number of carbonyl (C=O) groups is 1. The van der Waals surface area contributed by atoms with E-state index in [9.17, 15) is 0 Å². The van der Waals surface area contributed by atoms with Crippen LogP contribution in [0.15, 0.2) is 84.9 Å².